The molecule has 2 fully saturated rings. The molecule has 0 aromatic heterocycles. The van der Waals surface area contributed by atoms with Gasteiger partial charge in [-0.2, -0.15) is 0 Å². The number of amides is 2. The van der Waals surface area contributed by atoms with Gasteiger partial charge in [0.05, 0.1) is 6.54 Å². The van der Waals surface area contributed by atoms with E-state index in [2.05, 4.69) is 15.5 Å². The zero-order valence-electron chi connectivity index (χ0n) is 11.5. The molecule has 2 amide bonds. The van der Waals surface area contributed by atoms with Crippen molar-refractivity contribution in [2.24, 2.45) is 5.73 Å². The first-order valence-electron chi connectivity index (χ1n) is 7.08. The van der Waals surface area contributed by atoms with E-state index in [1.165, 1.54) is 6.92 Å². The molecule has 2 heterocycles. The molecule has 0 aromatic rings. The van der Waals surface area contributed by atoms with Crippen molar-refractivity contribution in [1.29, 1.82) is 0 Å². The molecule has 2 aliphatic heterocycles. The molecule has 4 N–H and O–H groups in total. The Bertz CT molecular complexity index is 334. The highest BCUT2D eigenvalue weighted by Gasteiger charge is 2.40. The van der Waals surface area contributed by atoms with Crippen molar-refractivity contribution in [2.45, 2.75) is 50.7 Å². The molecular formula is C13H24N4O2. The largest absolute Gasteiger partial charge is 0.355 e. The Kier molecular flexibility index (Phi) is 4.76. The molecule has 2 rings (SSSR count). The van der Waals surface area contributed by atoms with E-state index in [4.69, 9.17) is 5.73 Å². The Morgan fingerprint density at radius 3 is 2.32 bits per heavy atom. The summed E-state index contributed by atoms with van der Waals surface area (Å²) in [5.74, 6) is -0.0324. The predicted molar refractivity (Wildman–Crippen MR) is 72.4 cm³/mol. The first-order chi connectivity index (χ1) is 9.06. The lowest BCUT2D eigenvalue weighted by Gasteiger charge is -2.37. The van der Waals surface area contributed by atoms with Gasteiger partial charge in [-0.15, -0.1) is 0 Å². The second kappa shape index (κ2) is 6.34. The monoisotopic (exact) mass is 268 g/mol. The van der Waals surface area contributed by atoms with Crippen molar-refractivity contribution in [3.05, 3.63) is 0 Å². The summed E-state index contributed by atoms with van der Waals surface area (Å²) in [6, 6.07) is 1.27. The minimum absolute atomic E-state index is 0.0396. The van der Waals surface area contributed by atoms with Crippen LogP contribution in [0.3, 0.4) is 0 Å². The molecule has 0 aliphatic carbocycles. The van der Waals surface area contributed by atoms with Crippen molar-refractivity contribution >= 4 is 11.8 Å². The SMILES string of the molecule is CC(=O)NCCNC(=O)CN1C2CCC1CC(N)C2. The van der Waals surface area contributed by atoms with Crippen molar-refractivity contribution in [3.63, 3.8) is 0 Å². The molecule has 6 heteroatoms. The lowest BCUT2D eigenvalue weighted by Crippen LogP contribution is -2.51. The van der Waals surface area contributed by atoms with Gasteiger partial charge >= 0.3 is 0 Å². The van der Waals surface area contributed by atoms with Crippen LogP contribution in [0.5, 0.6) is 0 Å². The zero-order valence-corrected chi connectivity index (χ0v) is 11.5. The van der Waals surface area contributed by atoms with Gasteiger partial charge in [-0.25, -0.2) is 0 Å². The molecule has 19 heavy (non-hydrogen) atoms. The molecule has 2 atom stereocenters. The Balaban J connectivity index is 1.70. The van der Waals surface area contributed by atoms with Gasteiger partial charge in [-0.05, 0) is 25.7 Å². The molecule has 2 saturated heterocycles. The molecular weight excluding hydrogens is 244 g/mol. The van der Waals surface area contributed by atoms with Gasteiger partial charge in [0.1, 0.15) is 0 Å². The lowest BCUT2D eigenvalue weighted by molar-refractivity contribution is -0.124. The Hall–Kier alpha value is -1.14. The standard InChI is InChI=1S/C13H24N4O2/c1-9(18)15-4-5-16-13(19)8-17-11-2-3-12(17)7-10(14)6-11/h10-12H,2-8,14H2,1H3,(H,15,18)(H,16,19). The average Bonchev–Trinajstić information content (AvgIpc) is 2.58. The fourth-order valence-corrected chi connectivity index (χ4v) is 3.24. The Morgan fingerprint density at radius 2 is 1.74 bits per heavy atom. The van der Waals surface area contributed by atoms with Crippen LogP contribution in [0, 0.1) is 0 Å². The van der Waals surface area contributed by atoms with Crippen LogP contribution in [0.4, 0.5) is 0 Å². The van der Waals surface area contributed by atoms with Crippen LogP contribution >= 0.6 is 0 Å². The number of carbonyl (C=O) groups is 2. The molecule has 2 unspecified atom stereocenters. The van der Waals surface area contributed by atoms with Crippen LogP contribution in [0.2, 0.25) is 0 Å². The number of piperidine rings is 1. The maximum Gasteiger partial charge on any atom is 0.234 e. The normalized spacial score (nSPS) is 30.1. The summed E-state index contributed by atoms with van der Waals surface area (Å²) in [7, 11) is 0. The highest BCUT2D eigenvalue weighted by Crippen LogP contribution is 2.34. The van der Waals surface area contributed by atoms with Crippen LogP contribution in [0.15, 0.2) is 0 Å². The van der Waals surface area contributed by atoms with Crippen LogP contribution in [-0.2, 0) is 9.59 Å². The summed E-state index contributed by atoms with van der Waals surface area (Å²) in [5, 5.41) is 5.50. The van der Waals surface area contributed by atoms with Gasteiger partial charge in [0.2, 0.25) is 11.8 Å². The Morgan fingerprint density at radius 1 is 1.16 bits per heavy atom. The van der Waals surface area contributed by atoms with E-state index in [0.29, 0.717) is 37.8 Å². The molecule has 0 spiro atoms. The molecule has 6 nitrogen and oxygen atoms in total. The van der Waals surface area contributed by atoms with Gasteiger partial charge in [-0.3, -0.25) is 14.5 Å². The van der Waals surface area contributed by atoms with E-state index in [1.54, 1.807) is 0 Å². The number of nitrogens with one attached hydrogen (secondary N) is 2. The molecule has 2 bridgehead atoms. The molecule has 0 radical (unpaired) electrons. The molecule has 108 valence electrons. The van der Waals surface area contributed by atoms with Gasteiger partial charge in [0.25, 0.3) is 0 Å². The number of fused-ring (bicyclic) bond motifs is 2. The number of rotatable bonds is 5. The van der Waals surface area contributed by atoms with E-state index in [0.717, 1.165) is 25.7 Å². The summed E-state index contributed by atoms with van der Waals surface area (Å²) >= 11 is 0. The van der Waals surface area contributed by atoms with Crippen LogP contribution < -0.4 is 16.4 Å². The average molecular weight is 268 g/mol. The minimum atomic E-state index is -0.0719. The summed E-state index contributed by atoms with van der Waals surface area (Å²) in [5.41, 5.74) is 6.01. The van der Waals surface area contributed by atoms with Gasteiger partial charge < -0.3 is 16.4 Å². The number of hydrogen-bond acceptors (Lipinski definition) is 4. The molecule has 0 saturated carbocycles. The van der Waals surface area contributed by atoms with E-state index < -0.39 is 0 Å². The number of carbonyl (C=O) groups excluding carboxylic acids is 2. The topological polar surface area (TPSA) is 87.5 Å². The van der Waals surface area contributed by atoms with E-state index in [9.17, 15) is 9.59 Å². The number of hydrogen-bond donors (Lipinski definition) is 3. The van der Waals surface area contributed by atoms with Crippen LogP contribution in [0.1, 0.15) is 32.6 Å². The number of nitrogens with zero attached hydrogens (tertiary/aromatic N) is 1. The first kappa shape index (κ1) is 14.3. The zero-order chi connectivity index (χ0) is 13.8. The first-order valence-corrected chi connectivity index (χ1v) is 7.08. The number of nitrogens with two attached hydrogens (primary N) is 1. The van der Waals surface area contributed by atoms with Crippen LogP contribution in [0.25, 0.3) is 0 Å². The van der Waals surface area contributed by atoms with E-state index >= 15 is 0 Å². The highest BCUT2D eigenvalue weighted by atomic mass is 16.2. The minimum Gasteiger partial charge on any atom is -0.355 e. The van der Waals surface area contributed by atoms with Crippen molar-refractivity contribution < 1.29 is 9.59 Å². The second-order valence-electron chi connectivity index (χ2n) is 5.62. The summed E-state index contributed by atoms with van der Waals surface area (Å²) in [4.78, 5) is 24.8. The second-order valence-corrected chi connectivity index (χ2v) is 5.62. The van der Waals surface area contributed by atoms with Crippen molar-refractivity contribution in [3.8, 4) is 0 Å². The quantitative estimate of drug-likeness (QED) is 0.569. The van der Waals surface area contributed by atoms with Crippen LogP contribution in [-0.4, -0.2) is 54.5 Å². The van der Waals surface area contributed by atoms with E-state index in [-0.39, 0.29) is 11.8 Å². The molecule has 0 aromatic carbocycles. The smallest absolute Gasteiger partial charge is 0.234 e. The van der Waals surface area contributed by atoms with E-state index in [1.807, 2.05) is 0 Å². The summed E-state index contributed by atoms with van der Waals surface area (Å²) < 4.78 is 0. The van der Waals surface area contributed by atoms with Crippen molar-refractivity contribution in [2.75, 3.05) is 19.6 Å². The van der Waals surface area contributed by atoms with Gasteiger partial charge in [0.15, 0.2) is 0 Å². The summed E-state index contributed by atoms with van der Waals surface area (Å²) in [6.07, 6.45) is 4.35. The lowest BCUT2D eigenvalue weighted by atomic mass is 9.98. The third kappa shape index (κ3) is 3.91. The van der Waals surface area contributed by atoms with Crippen molar-refractivity contribution in [1.82, 2.24) is 15.5 Å². The highest BCUT2D eigenvalue weighted by molar-refractivity contribution is 5.78. The van der Waals surface area contributed by atoms with Gasteiger partial charge in [-0.1, -0.05) is 0 Å². The fourth-order valence-electron chi connectivity index (χ4n) is 3.24. The third-order valence-corrected chi connectivity index (χ3v) is 4.07. The van der Waals surface area contributed by atoms with Gasteiger partial charge in [0, 0.05) is 38.1 Å². The predicted octanol–water partition coefficient (Wildman–Crippen LogP) is -0.807. The third-order valence-electron chi connectivity index (χ3n) is 4.07. The Labute approximate surface area is 114 Å². The summed E-state index contributed by atoms with van der Waals surface area (Å²) in [6.45, 7) is 2.90. The molecule has 2 aliphatic rings. The maximum absolute atomic E-state index is 11.9. The fraction of sp³-hybridized carbons (Fsp3) is 0.846. The maximum atomic E-state index is 11.9.